The maximum absolute atomic E-state index is 13.5. The summed E-state index contributed by atoms with van der Waals surface area (Å²) in [4.78, 5) is 24.4. The van der Waals surface area contributed by atoms with Gasteiger partial charge in [-0.2, -0.15) is 0 Å². The zero-order valence-corrected chi connectivity index (χ0v) is 26.1. The van der Waals surface area contributed by atoms with Crippen LogP contribution in [0.25, 0.3) is 0 Å². The van der Waals surface area contributed by atoms with Crippen LogP contribution in [0.15, 0.2) is 0 Å². The summed E-state index contributed by atoms with van der Waals surface area (Å²) >= 11 is 0. The molecule has 2 N–H and O–H groups in total. The van der Waals surface area contributed by atoms with Crippen LogP contribution in [0.1, 0.15) is 195 Å². The molecule has 0 saturated carbocycles. The predicted molar refractivity (Wildman–Crippen MR) is 163 cm³/mol. The smallest absolute Gasteiger partial charge is 0.310 e. The lowest BCUT2D eigenvalue weighted by Crippen LogP contribution is -2.48. The van der Waals surface area contributed by atoms with E-state index < -0.39 is 17.4 Å². The fraction of sp³-hybridized carbons (Fsp3) is 0.941. The van der Waals surface area contributed by atoms with Crippen LogP contribution in [0, 0.1) is 10.8 Å². The average molecular weight is 539 g/mol. The number of carboxylic acids is 2. The first-order chi connectivity index (χ1) is 18.4. The van der Waals surface area contributed by atoms with Gasteiger partial charge in [0.1, 0.15) is 0 Å². The second-order valence-corrected chi connectivity index (χ2v) is 12.2. The van der Waals surface area contributed by atoms with Crippen molar-refractivity contribution in [2.45, 2.75) is 195 Å². The molecule has 4 nitrogen and oxygen atoms in total. The van der Waals surface area contributed by atoms with E-state index in [1.54, 1.807) is 0 Å². The monoisotopic (exact) mass is 538 g/mol. The minimum Gasteiger partial charge on any atom is -0.481 e. The van der Waals surface area contributed by atoms with Gasteiger partial charge in [-0.25, -0.2) is 0 Å². The molecule has 0 rings (SSSR count). The van der Waals surface area contributed by atoms with Crippen molar-refractivity contribution in [2.24, 2.45) is 10.8 Å². The Morgan fingerprint density at radius 1 is 0.447 bits per heavy atom. The minimum atomic E-state index is -0.715. The van der Waals surface area contributed by atoms with Gasteiger partial charge in [0.25, 0.3) is 0 Å². The van der Waals surface area contributed by atoms with E-state index in [0.29, 0.717) is 0 Å². The molecule has 4 heteroatoms. The van der Waals surface area contributed by atoms with Crippen molar-refractivity contribution >= 4 is 11.9 Å². The molecule has 0 atom stereocenters. The van der Waals surface area contributed by atoms with Crippen LogP contribution in [-0.4, -0.2) is 22.2 Å². The van der Waals surface area contributed by atoms with Gasteiger partial charge in [0.05, 0.1) is 5.41 Å². The van der Waals surface area contributed by atoms with Crippen LogP contribution in [0.3, 0.4) is 0 Å². The van der Waals surface area contributed by atoms with Crippen LogP contribution < -0.4 is 0 Å². The molecule has 0 bridgehead atoms. The molecule has 0 unspecified atom stereocenters. The third kappa shape index (κ3) is 14.9. The zero-order chi connectivity index (χ0) is 28.5. The van der Waals surface area contributed by atoms with Crippen molar-refractivity contribution in [1.29, 1.82) is 0 Å². The molecule has 0 aromatic heterocycles. The highest BCUT2D eigenvalue weighted by Crippen LogP contribution is 2.56. The van der Waals surface area contributed by atoms with E-state index in [1.807, 2.05) is 0 Å². The summed E-state index contributed by atoms with van der Waals surface area (Å²) in [6.07, 6.45) is 27.4. The molecule has 0 aromatic carbocycles. The van der Waals surface area contributed by atoms with E-state index in [0.717, 1.165) is 109 Å². The van der Waals surface area contributed by atoms with Crippen molar-refractivity contribution in [3.05, 3.63) is 0 Å². The van der Waals surface area contributed by atoms with E-state index in [2.05, 4.69) is 27.7 Å². The number of hydrogen-bond acceptors (Lipinski definition) is 2. The molecule has 0 aliphatic rings. The summed E-state index contributed by atoms with van der Waals surface area (Å²) in [6, 6.07) is 0. The summed E-state index contributed by atoms with van der Waals surface area (Å²) in [6.45, 7) is 8.96. The van der Waals surface area contributed by atoms with Gasteiger partial charge in [0, 0.05) is 6.42 Å². The second-order valence-electron chi connectivity index (χ2n) is 12.2. The van der Waals surface area contributed by atoms with Gasteiger partial charge in [0.2, 0.25) is 0 Å². The van der Waals surface area contributed by atoms with Crippen LogP contribution in [0.5, 0.6) is 0 Å². The lowest BCUT2D eigenvalue weighted by molar-refractivity contribution is -0.164. The molecule has 226 valence electrons. The first kappa shape index (κ1) is 36.9. The summed E-state index contributed by atoms with van der Waals surface area (Å²) in [7, 11) is 0. The first-order valence-corrected chi connectivity index (χ1v) is 16.8. The average Bonchev–Trinajstić information content (AvgIpc) is 2.89. The summed E-state index contributed by atoms with van der Waals surface area (Å²) in [5, 5.41) is 20.1. The molecule has 0 radical (unpaired) electrons. The number of carboxylic acid groups (broad SMARTS) is 2. The number of rotatable bonds is 29. The van der Waals surface area contributed by atoms with E-state index in [9.17, 15) is 14.7 Å². The zero-order valence-electron chi connectivity index (χ0n) is 26.1. The summed E-state index contributed by atoms with van der Waals surface area (Å²) < 4.78 is 0. The van der Waals surface area contributed by atoms with E-state index in [1.165, 1.54) is 51.4 Å². The Kier molecular flexibility index (Phi) is 23.1. The van der Waals surface area contributed by atoms with E-state index in [-0.39, 0.29) is 11.8 Å². The summed E-state index contributed by atoms with van der Waals surface area (Å²) in [5.41, 5.74) is -0.779. The molecule has 0 amide bonds. The van der Waals surface area contributed by atoms with Crippen LogP contribution >= 0.6 is 0 Å². The maximum atomic E-state index is 13.5. The van der Waals surface area contributed by atoms with Crippen molar-refractivity contribution in [3.8, 4) is 0 Å². The number of unbranched alkanes of at least 4 members (excludes halogenated alkanes) is 15. The van der Waals surface area contributed by atoms with E-state index in [4.69, 9.17) is 5.11 Å². The van der Waals surface area contributed by atoms with Gasteiger partial charge in [-0.1, -0.05) is 150 Å². The Labute approximate surface area is 237 Å². The lowest BCUT2D eigenvalue weighted by Gasteiger charge is -2.50. The molecule has 38 heavy (non-hydrogen) atoms. The van der Waals surface area contributed by atoms with Crippen molar-refractivity contribution < 1.29 is 19.8 Å². The topological polar surface area (TPSA) is 74.6 Å². The Bertz CT molecular complexity index is 547. The predicted octanol–water partition coefficient (Wildman–Crippen LogP) is 11.4. The molecule has 0 aliphatic carbocycles. The third-order valence-electron chi connectivity index (χ3n) is 9.15. The molecule has 0 heterocycles. The molecule has 0 saturated heterocycles. The first-order valence-electron chi connectivity index (χ1n) is 16.8. The lowest BCUT2D eigenvalue weighted by atomic mass is 9.53. The largest absolute Gasteiger partial charge is 0.481 e. The molecule has 0 fully saturated rings. The van der Waals surface area contributed by atoms with Gasteiger partial charge < -0.3 is 10.2 Å². The van der Waals surface area contributed by atoms with Gasteiger partial charge in [-0.05, 0) is 43.9 Å². The SMILES string of the molecule is CCCCCCCCC(CCCCCCCC)(C(=O)O)C(CCCC)(CCCC)CCCCCCC(=O)O. The van der Waals surface area contributed by atoms with Crippen LogP contribution in [-0.2, 0) is 9.59 Å². The highest BCUT2D eigenvalue weighted by Gasteiger charge is 2.53. The van der Waals surface area contributed by atoms with Gasteiger partial charge in [-0.3, -0.25) is 9.59 Å². The third-order valence-corrected chi connectivity index (χ3v) is 9.15. The minimum absolute atomic E-state index is 0.148. The Morgan fingerprint density at radius 2 is 0.789 bits per heavy atom. The molecular formula is C34H66O4. The number of hydrogen-bond donors (Lipinski definition) is 2. The van der Waals surface area contributed by atoms with Crippen molar-refractivity contribution in [2.75, 3.05) is 0 Å². The highest BCUT2D eigenvalue weighted by atomic mass is 16.4. The van der Waals surface area contributed by atoms with Crippen molar-refractivity contribution in [1.82, 2.24) is 0 Å². The number of carbonyl (C=O) groups is 2. The standard InChI is InChI=1S/C34H66O4/c1-5-9-13-15-18-23-29-34(32(37)38,30-24-19-16-14-10-6-2)33(26-11-7-3,27-12-8-4)28-22-20-17-21-25-31(35)36/h5-30H2,1-4H3,(H,35,36)(H,37,38). The van der Waals surface area contributed by atoms with E-state index >= 15 is 0 Å². The Morgan fingerprint density at radius 3 is 1.18 bits per heavy atom. The summed E-state index contributed by atoms with van der Waals surface area (Å²) in [5.74, 6) is -1.24. The fourth-order valence-electron chi connectivity index (χ4n) is 6.73. The number of aliphatic carboxylic acids is 2. The van der Waals surface area contributed by atoms with Crippen LogP contribution in [0.4, 0.5) is 0 Å². The van der Waals surface area contributed by atoms with Gasteiger partial charge in [0.15, 0.2) is 0 Å². The van der Waals surface area contributed by atoms with Crippen LogP contribution in [0.2, 0.25) is 0 Å². The van der Waals surface area contributed by atoms with Crippen molar-refractivity contribution in [3.63, 3.8) is 0 Å². The maximum Gasteiger partial charge on any atom is 0.310 e. The second kappa shape index (κ2) is 23.8. The Balaban J connectivity index is 5.91. The normalized spacial score (nSPS) is 12.2. The quantitative estimate of drug-likeness (QED) is 0.0928. The Hall–Kier alpha value is -1.06. The van der Waals surface area contributed by atoms with Gasteiger partial charge in [-0.15, -0.1) is 0 Å². The highest BCUT2D eigenvalue weighted by molar-refractivity contribution is 5.76. The fourth-order valence-corrected chi connectivity index (χ4v) is 6.73. The molecular weight excluding hydrogens is 472 g/mol. The molecule has 0 aromatic rings. The van der Waals surface area contributed by atoms with Gasteiger partial charge >= 0.3 is 11.9 Å². The molecule has 0 aliphatic heterocycles. The molecule has 0 spiro atoms.